The number of ether oxygens (including phenoxy) is 1. The molecule has 1 aromatic carbocycles. The molecule has 1 aliphatic heterocycles. The van der Waals surface area contributed by atoms with Gasteiger partial charge in [-0.05, 0) is 50.1 Å². The number of nitrogens with zero attached hydrogens (tertiary/aromatic N) is 3. The summed E-state index contributed by atoms with van der Waals surface area (Å²) in [6.07, 6.45) is 0.388. The van der Waals surface area contributed by atoms with Gasteiger partial charge in [0.15, 0.2) is 17.1 Å². The lowest BCUT2D eigenvalue weighted by Gasteiger charge is -2.32. The number of anilines is 2. The lowest BCUT2D eigenvalue weighted by Crippen LogP contribution is -2.41. The van der Waals surface area contributed by atoms with Crippen LogP contribution in [-0.4, -0.2) is 41.3 Å². The molecule has 10 heteroatoms. The minimum Gasteiger partial charge on any atom is -0.452 e. The summed E-state index contributed by atoms with van der Waals surface area (Å²) in [4.78, 5) is 26.8. The predicted molar refractivity (Wildman–Crippen MR) is 108 cm³/mol. The SMILES string of the molecule is C[C@H](OC(=O)[C@H]1CCCN(c2ccc(Cl)nn2)C1)C(=O)Nc1ccc(F)cc1Cl. The average molecular weight is 441 g/mol. The van der Waals surface area contributed by atoms with Crippen LogP contribution in [0.3, 0.4) is 0 Å². The maximum absolute atomic E-state index is 13.1. The number of halogens is 3. The minimum absolute atomic E-state index is 0.0591. The Bertz CT molecular complexity index is 898. The Kier molecular flexibility index (Phi) is 6.87. The molecule has 154 valence electrons. The molecular formula is C19H19Cl2FN4O3. The number of hydrogen-bond donors (Lipinski definition) is 1. The molecule has 2 heterocycles. The second-order valence-corrected chi connectivity index (χ2v) is 7.49. The van der Waals surface area contributed by atoms with Gasteiger partial charge in [0.05, 0.1) is 16.6 Å². The van der Waals surface area contributed by atoms with Gasteiger partial charge in [-0.2, -0.15) is 0 Å². The van der Waals surface area contributed by atoms with Crippen LogP contribution in [0.25, 0.3) is 0 Å². The quantitative estimate of drug-likeness (QED) is 0.713. The number of rotatable bonds is 5. The van der Waals surface area contributed by atoms with Crippen LogP contribution < -0.4 is 10.2 Å². The van der Waals surface area contributed by atoms with E-state index >= 15 is 0 Å². The van der Waals surface area contributed by atoms with Gasteiger partial charge >= 0.3 is 5.97 Å². The van der Waals surface area contributed by atoms with Gasteiger partial charge in [0.25, 0.3) is 5.91 Å². The van der Waals surface area contributed by atoms with E-state index in [0.29, 0.717) is 23.9 Å². The topological polar surface area (TPSA) is 84.4 Å². The molecule has 0 radical (unpaired) electrons. The molecule has 0 bridgehead atoms. The van der Waals surface area contributed by atoms with Crippen molar-refractivity contribution in [2.75, 3.05) is 23.3 Å². The Morgan fingerprint density at radius 3 is 2.76 bits per heavy atom. The Labute approximate surface area is 177 Å². The van der Waals surface area contributed by atoms with Crippen molar-refractivity contribution in [1.29, 1.82) is 0 Å². The fourth-order valence-electron chi connectivity index (χ4n) is 3.00. The van der Waals surface area contributed by atoms with Crippen LogP contribution in [0.1, 0.15) is 19.8 Å². The standard InChI is InChI=1S/C19H19Cl2FN4O3/c1-11(18(27)23-15-5-4-13(22)9-14(15)20)29-19(28)12-3-2-8-26(10-12)17-7-6-16(21)24-25-17/h4-7,9,11-12H,2-3,8,10H2,1H3,(H,23,27)/t11-,12-/m0/s1. The Morgan fingerprint density at radius 2 is 2.07 bits per heavy atom. The van der Waals surface area contributed by atoms with Crippen LogP contribution in [0.15, 0.2) is 30.3 Å². The van der Waals surface area contributed by atoms with E-state index in [0.717, 1.165) is 19.0 Å². The lowest BCUT2D eigenvalue weighted by molar-refractivity contribution is -0.157. The van der Waals surface area contributed by atoms with E-state index in [1.54, 1.807) is 12.1 Å². The van der Waals surface area contributed by atoms with Gasteiger partial charge in [-0.3, -0.25) is 9.59 Å². The second kappa shape index (κ2) is 9.37. The summed E-state index contributed by atoms with van der Waals surface area (Å²) in [7, 11) is 0. The van der Waals surface area contributed by atoms with E-state index in [9.17, 15) is 14.0 Å². The van der Waals surface area contributed by atoms with Gasteiger partial charge in [0, 0.05) is 13.1 Å². The number of carbonyl (C=O) groups is 2. The van der Waals surface area contributed by atoms with E-state index in [2.05, 4.69) is 15.5 Å². The monoisotopic (exact) mass is 440 g/mol. The summed E-state index contributed by atoms with van der Waals surface area (Å²) < 4.78 is 18.4. The van der Waals surface area contributed by atoms with E-state index in [-0.39, 0.29) is 10.7 Å². The third-order valence-corrected chi connectivity index (χ3v) is 5.06. The molecule has 2 aromatic rings. The number of carbonyl (C=O) groups excluding carboxylic acids is 2. The highest BCUT2D eigenvalue weighted by Gasteiger charge is 2.30. The van der Waals surface area contributed by atoms with Gasteiger partial charge in [-0.25, -0.2) is 4.39 Å². The summed E-state index contributed by atoms with van der Waals surface area (Å²) >= 11 is 11.7. The smallest absolute Gasteiger partial charge is 0.311 e. The molecule has 0 saturated carbocycles. The van der Waals surface area contributed by atoms with Gasteiger partial charge in [-0.1, -0.05) is 23.2 Å². The van der Waals surface area contributed by atoms with Crippen molar-refractivity contribution in [2.24, 2.45) is 5.92 Å². The van der Waals surface area contributed by atoms with E-state index in [1.807, 2.05) is 4.90 Å². The van der Waals surface area contributed by atoms with Crippen molar-refractivity contribution in [3.63, 3.8) is 0 Å². The molecule has 2 atom stereocenters. The number of aromatic nitrogens is 2. The van der Waals surface area contributed by atoms with Crippen LogP contribution in [0.4, 0.5) is 15.9 Å². The van der Waals surface area contributed by atoms with Gasteiger partial charge < -0.3 is 15.0 Å². The van der Waals surface area contributed by atoms with E-state index in [1.165, 1.54) is 19.1 Å². The molecule has 0 spiro atoms. The third-order valence-electron chi connectivity index (χ3n) is 4.55. The fraction of sp³-hybridized carbons (Fsp3) is 0.368. The van der Waals surface area contributed by atoms with Crippen molar-refractivity contribution in [2.45, 2.75) is 25.9 Å². The Hall–Kier alpha value is -2.45. The molecule has 3 rings (SSSR count). The van der Waals surface area contributed by atoms with Gasteiger partial charge in [-0.15, -0.1) is 10.2 Å². The van der Waals surface area contributed by atoms with Crippen molar-refractivity contribution in [3.05, 3.63) is 46.3 Å². The van der Waals surface area contributed by atoms with Crippen molar-refractivity contribution in [3.8, 4) is 0 Å². The van der Waals surface area contributed by atoms with Crippen molar-refractivity contribution >= 4 is 46.6 Å². The molecule has 1 N–H and O–H groups in total. The summed E-state index contributed by atoms with van der Waals surface area (Å²) in [6.45, 7) is 2.61. The molecule has 1 aromatic heterocycles. The molecule has 1 amide bonds. The van der Waals surface area contributed by atoms with Crippen LogP contribution in [0.5, 0.6) is 0 Å². The number of hydrogen-bond acceptors (Lipinski definition) is 6. The highest BCUT2D eigenvalue weighted by molar-refractivity contribution is 6.33. The summed E-state index contributed by atoms with van der Waals surface area (Å²) in [5.74, 6) is -1.30. The first kappa shape index (κ1) is 21.3. The minimum atomic E-state index is -1.03. The highest BCUT2D eigenvalue weighted by atomic mass is 35.5. The first-order valence-electron chi connectivity index (χ1n) is 9.04. The fourth-order valence-corrected chi connectivity index (χ4v) is 3.32. The molecule has 29 heavy (non-hydrogen) atoms. The van der Waals surface area contributed by atoms with Gasteiger partial charge in [0.1, 0.15) is 5.82 Å². The number of esters is 1. The van der Waals surface area contributed by atoms with Crippen LogP contribution in [-0.2, 0) is 14.3 Å². The third kappa shape index (κ3) is 5.55. The predicted octanol–water partition coefficient (Wildman–Crippen LogP) is 3.71. The highest BCUT2D eigenvalue weighted by Crippen LogP contribution is 2.24. The summed E-state index contributed by atoms with van der Waals surface area (Å²) in [5, 5.41) is 10.7. The Balaban J connectivity index is 1.57. The van der Waals surface area contributed by atoms with Gasteiger partial charge in [0.2, 0.25) is 0 Å². The maximum atomic E-state index is 13.1. The number of amides is 1. The molecule has 1 aliphatic rings. The number of piperidine rings is 1. The number of nitrogens with one attached hydrogen (secondary N) is 1. The van der Waals surface area contributed by atoms with Crippen molar-refractivity contribution in [1.82, 2.24) is 10.2 Å². The zero-order valence-corrected chi connectivity index (χ0v) is 17.1. The molecule has 1 saturated heterocycles. The Morgan fingerprint density at radius 1 is 1.28 bits per heavy atom. The first-order valence-corrected chi connectivity index (χ1v) is 9.79. The molecule has 7 nitrogen and oxygen atoms in total. The number of benzene rings is 1. The second-order valence-electron chi connectivity index (χ2n) is 6.69. The van der Waals surface area contributed by atoms with E-state index in [4.69, 9.17) is 27.9 Å². The first-order chi connectivity index (χ1) is 13.8. The average Bonchev–Trinajstić information content (AvgIpc) is 2.70. The lowest BCUT2D eigenvalue weighted by atomic mass is 9.98. The molecule has 1 fully saturated rings. The summed E-state index contributed by atoms with van der Waals surface area (Å²) in [6, 6.07) is 6.99. The normalized spacial score (nSPS) is 17.5. The van der Waals surface area contributed by atoms with E-state index < -0.39 is 29.7 Å². The zero-order chi connectivity index (χ0) is 21.0. The summed E-state index contributed by atoms with van der Waals surface area (Å²) in [5.41, 5.74) is 0.242. The molecule has 0 aliphatic carbocycles. The van der Waals surface area contributed by atoms with Crippen LogP contribution >= 0.6 is 23.2 Å². The maximum Gasteiger partial charge on any atom is 0.311 e. The molecular weight excluding hydrogens is 422 g/mol. The van der Waals surface area contributed by atoms with Crippen LogP contribution in [0.2, 0.25) is 10.2 Å². The zero-order valence-electron chi connectivity index (χ0n) is 15.6. The van der Waals surface area contributed by atoms with Crippen molar-refractivity contribution < 1.29 is 18.7 Å². The molecule has 0 unspecified atom stereocenters. The van der Waals surface area contributed by atoms with Crippen LogP contribution in [0, 0.1) is 11.7 Å². The largest absolute Gasteiger partial charge is 0.452 e.